The van der Waals surface area contributed by atoms with E-state index in [-0.39, 0.29) is 0 Å². The molecule has 0 atom stereocenters. The van der Waals surface area contributed by atoms with Gasteiger partial charge in [-0.3, -0.25) is 4.89 Å². The smallest absolute Gasteiger partial charge is 0.292 e. The first-order valence-electron chi connectivity index (χ1n) is 7.39. The van der Waals surface area contributed by atoms with Crippen LogP contribution in [-0.4, -0.2) is 5.97 Å². The van der Waals surface area contributed by atoms with Crippen molar-refractivity contribution in [2.75, 3.05) is 0 Å². The van der Waals surface area contributed by atoms with Crippen molar-refractivity contribution < 1.29 is 14.6 Å². The molecule has 1 aromatic carbocycles. The number of benzene rings is 1. The monoisotopic (exact) mass is 275 g/mol. The minimum atomic E-state index is -0.425. The van der Waals surface area contributed by atoms with Crippen molar-refractivity contribution in [3.63, 3.8) is 0 Å². The summed E-state index contributed by atoms with van der Waals surface area (Å²) in [5, 5.41) is 0. The van der Waals surface area contributed by atoms with E-state index in [1.165, 1.54) is 5.56 Å². The number of hydrogen-bond acceptors (Lipinski definition) is 3. The second-order valence-corrected chi connectivity index (χ2v) is 5.95. The molecule has 0 aliphatic heterocycles. The van der Waals surface area contributed by atoms with Gasteiger partial charge in [-0.25, -0.2) is 4.79 Å². The van der Waals surface area contributed by atoms with Crippen LogP contribution in [0, 0.1) is 12.0 Å². The summed E-state index contributed by atoms with van der Waals surface area (Å²) < 4.78 is 0. The van der Waals surface area contributed by atoms with E-state index in [1.807, 2.05) is 12.1 Å². The molecule has 1 fully saturated rings. The lowest BCUT2D eigenvalue weighted by molar-refractivity contribution is -0.240. The third-order valence-electron chi connectivity index (χ3n) is 3.88. The summed E-state index contributed by atoms with van der Waals surface area (Å²) in [5.41, 5.74) is 1.73. The van der Waals surface area contributed by atoms with Crippen LogP contribution in [0.15, 0.2) is 24.3 Å². The molecule has 1 aliphatic rings. The Hall–Kier alpha value is -1.35. The van der Waals surface area contributed by atoms with Gasteiger partial charge in [0.05, 0.1) is 5.56 Å². The predicted molar refractivity (Wildman–Crippen MR) is 77.9 cm³/mol. The molecular formula is C17H23O3. The largest absolute Gasteiger partial charge is 0.373 e. The minimum Gasteiger partial charge on any atom is -0.292 e. The van der Waals surface area contributed by atoms with Crippen molar-refractivity contribution in [3.8, 4) is 0 Å². The summed E-state index contributed by atoms with van der Waals surface area (Å²) in [6, 6.07) is 7.48. The highest BCUT2D eigenvalue weighted by Crippen LogP contribution is 2.30. The average Bonchev–Trinajstić information content (AvgIpc) is 2.46. The van der Waals surface area contributed by atoms with Gasteiger partial charge in [0, 0.05) is 0 Å². The molecular weight excluding hydrogens is 252 g/mol. The van der Waals surface area contributed by atoms with Crippen LogP contribution in [0.4, 0.5) is 0 Å². The van der Waals surface area contributed by atoms with Gasteiger partial charge in [0.15, 0.2) is 0 Å². The lowest BCUT2D eigenvalue weighted by atomic mass is 9.89. The first-order chi connectivity index (χ1) is 9.56. The van der Waals surface area contributed by atoms with E-state index < -0.39 is 5.97 Å². The molecule has 109 valence electrons. The molecule has 1 aliphatic carbocycles. The molecule has 1 saturated carbocycles. The van der Waals surface area contributed by atoms with Gasteiger partial charge in [-0.1, -0.05) is 32.9 Å². The Morgan fingerprint density at radius 1 is 1.15 bits per heavy atom. The van der Waals surface area contributed by atoms with E-state index in [0.29, 0.717) is 11.5 Å². The Kier molecular flexibility index (Phi) is 5.18. The van der Waals surface area contributed by atoms with Gasteiger partial charge in [-0.15, -0.1) is 0 Å². The lowest BCUT2D eigenvalue weighted by Gasteiger charge is -2.23. The summed E-state index contributed by atoms with van der Waals surface area (Å²) in [7, 11) is 0. The lowest BCUT2D eigenvalue weighted by Crippen LogP contribution is -2.16. The molecule has 2 rings (SSSR count). The number of carbonyl (C=O) groups excluding carboxylic acids is 1. The highest BCUT2D eigenvalue weighted by atomic mass is 17.2. The minimum absolute atomic E-state index is 0.425. The average molecular weight is 275 g/mol. The van der Waals surface area contributed by atoms with Crippen LogP contribution < -0.4 is 0 Å². The quantitative estimate of drug-likeness (QED) is 0.593. The Labute approximate surface area is 121 Å². The van der Waals surface area contributed by atoms with Crippen molar-refractivity contribution in [1.29, 1.82) is 0 Å². The van der Waals surface area contributed by atoms with Crippen molar-refractivity contribution in [2.45, 2.75) is 52.4 Å². The summed E-state index contributed by atoms with van der Waals surface area (Å²) in [5.74, 6) is 0.768. The van der Waals surface area contributed by atoms with Crippen LogP contribution in [0.3, 0.4) is 0 Å². The van der Waals surface area contributed by atoms with Crippen LogP contribution in [0.2, 0.25) is 0 Å². The molecule has 3 nitrogen and oxygen atoms in total. The maximum Gasteiger partial charge on any atom is 0.373 e. The Morgan fingerprint density at radius 3 is 2.30 bits per heavy atom. The third kappa shape index (κ3) is 4.07. The zero-order valence-corrected chi connectivity index (χ0v) is 12.5. The van der Waals surface area contributed by atoms with E-state index in [4.69, 9.17) is 9.78 Å². The highest BCUT2D eigenvalue weighted by Gasteiger charge is 2.22. The van der Waals surface area contributed by atoms with Gasteiger partial charge in [0.25, 0.3) is 0 Å². The summed E-state index contributed by atoms with van der Waals surface area (Å²) in [6.45, 7) is 6.48. The summed E-state index contributed by atoms with van der Waals surface area (Å²) >= 11 is 0. The molecule has 3 heteroatoms. The summed E-state index contributed by atoms with van der Waals surface area (Å²) in [4.78, 5) is 22.0. The molecule has 0 amide bonds. The van der Waals surface area contributed by atoms with Crippen LogP contribution in [0.1, 0.15) is 68.3 Å². The van der Waals surface area contributed by atoms with Crippen LogP contribution in [-0.2, 0) is 9.78 Å². The fourth-order valence-electron chi connectivity index (χ4n) is 2.32. The van der Waals surface area contributed by atoms with Crippen LogP contribution in [0.5, 0.6) is 0 Å². The number of carbonyl (C=O) groups is 1. The molecule has 0 spiro atoms. The molecule has 0 aromatic heterocycles. The SMILES string of the molecule is CC1CC[C](OOC(=O)c2ccc(C(C)C)cc2)CC1. The van der Waals surface area contributed by atoms with E-state index >= 15 is 0 Å². The summed E-state index contributed by atoms with van der Waals surface area (Å²) in [6.07, 6.45) is 4.88. The topological polar surface area (TPSA) is 35.5 Å². The highest BCUT2D eigenvalue weighted by molar-refractivity contribution is 5.88. The van der Waals surface area contributed by atoms with Crippen molar-refractivity contribution in [3.05, 3.63) is 41.5 Å². The molecule has 0 saturated heterocycles. The molecule has 1 aromatic rings. The van der Waals surface area contributed by atoms with E-state index in [9.17, 15) is 4.79 Å². The molecule has 0 N–H and O–H groups in total. The first-order valence-corrected chi connectivity index (χ1v) is 7.39. The Balaban J connectivity index is 1.82. The van der Waals surface area contributed by atoms with Gasteiger partial charge in [0.2, 0.25) is 0 Å². The number of rotatable bonds is 4. The zero-order chi connectivity index (χ0) is 14.5. The zero-order valence-electron chi connectivity index (χ0n) is 12.5. The molecule has 0 heterocycles. The van der Waals surface area contributed by atoms with E-state index in [0.717, 1.165) is 37.7 Å². The molecule has 20 heavy (non-hydrogen) atoms. The van der Waals surface area contributed by atoms with Crippen LogP contribution in [0.25, 0.3) is 0 Å². The Bertz CT molecular complexity index is 428. The van der Waals surface area contributed by atoms with Crippen molar-refractivity contribution >= 4 is 5.97 Å². The fourth-order valence-corrected chi connectivity index (χ4v) is 2.32. The van der Waals surface area contributed by atoms with Crippen LogP contribution >= 0.6 is 0 Å². The normalized spacial score (nSPS) is 17.4. The van der Waals surface area contributed by atoms with Gasteiger partial charge in [0.1, 0.15) is 6.10 Å². The van der Waals surface area contributed by atoms with E-state index in [1.54, 1.807) is 12.1 Å². The van der Waals surface area contributed by atoms with Gasteiger partial charge < -0.3 is 0 Å². The predicted octanol–water partition coefficient (Wildman–Crippen LogP) is 4.64. The number of hydrogen-bond donors (Lipinski definition) is 0. The fraction of sp³-hybridized carbons (Fsp3) is 0.529. The standard InChI is InChI=1S/C17H23O3/c1-12(2)14-6-8-15(9-7-14)17(18)20-19-16-10-4-13(3)5-11-16/h6-9,12-13H,4-5,10-11H2,1-3H3. The first kappa shape index (κ1) is 15.0. The maximum atomic E-state index is 11.9. The second-order valence-electron chi connectivity index (χ2n) is 5.95. The Morgan fingerprint density at radius 2 is 1.75 bits per heavy atom. The van der Waals surface area contributed by atoms with Gasteiger partial charge in [-0.2, -0.15) is 4.89 Å². The maximum absolute atomic E-state index is 11.9. The third-order valence-corrected chi connectivity index (χ3v) is 3.88. The van der Waals surface area contributed by atoms with Crippen molar-refractivity contribution in [1.82, 2.24) is 0 Å². The van der Waals surface area contributed by atoms with Gasteiger partial charge in [-0.05, 0) is 55.2 Å². The molecule has 1 radical (unpaired) electrons. The second kappa shape index (κ2) is 6.89. The van der Waals surface area contributed by atoms with E-state index in [2.05, 4.69) is 20.8 Å². The molecule has 0 unspecified atom stereocenters. The van der Waals surface area contributed by atoms with Crippen molar-refractivity contribution in [2.24, 2.45) is 5.92 Å². The van der Waals surface area contributed by atoms with Gasteiger partial charge >= 0.3 is 5.97 Å². The molecule has 0 bridgehead atoms.